The van der Waals surface area contributed by atoms with Crippen LogP contribution in [0.4, 0.5) is 5.69 Å². The van der Waals surface area contributed by atoms with Gasteiger partial charge in [-0.2, -0.15) is 0 Å². The average Bonchev–Trinajstić information content (AvgIpc) is 2.60. The highest BCUT2D eigenvalue weighted by Crippen LogP contribution is 2.21. The minimum Gasteiger partial charge on any atom is -0.346 e. The molecule has 2 aromatic carbocycles. The summed E-state index contributed by atoms with van der Waals surface area (Å²) in [6.07, 6.45) is 2.66. The van der Waals surface area contributed by atoms with E-state index in [0.29, 0.717) is 11.3 Å². The smallest absolute Gasteiger partial charge is 0.251 e. The Bertz CT molecular complexity index is 934. The van der Waals surface area contributed by atoms with Crippen molar-refractivity contribution in [2.75, 3.05) is 17.1 Å². The van der Waals surface area contributed by atoms with Crippen molar-refractivity contribution in [2.24, 2.45) is 0 Å². The molecule has 1 atom stereocenters. The van der Waals surface area contributed by atoms with E-state index in [1.165, 1.54) is 10.4 Å². The third-order valence-electron chi connectivity index (χ3n) is 4.36. The second-order valence-corrected chi connectivity index (χ2v) is 8.59. The Morgan fingerprint density at radius 3 is 2.37 bits per heavy atom. The summed E-state index contributed by atoms with van der Waals surface area (Å²) < 4.78 is 25.0. The van der Waals surface area contributed by atoms with E-state index in [2.05, 4.69) is 18.0 Å². The Morgan fingerprint density at radius 1 is 1.19 bits per heavy atom. The van der Waals surface area contributed by atoms with Gasteiger partial charge in [-0.1, -0.05) is 29.8 Å². The molecule has 5 nitrogen and oxygen atoms in total. The zero-order valence-corrected chi connectivity index (χ0v) is 17.0. The number of amides is 1. The lowest BCUT2D eigenvalue weighted by atomic mass is 9.99. The van der Waals surface area contributed by atoms with Crippen LogP contribution in [0.2, 0.25) is 0 Å². The highest BCUT2D eigenvalue weighted by atomic mass is 32.2. The maximum atomic E-state index is 12.6. The fourth-order valence-corrected chi connectivity index (χ4v) is 3.79. The molecule has 1 N–H and O–H groups in total. The first kappa shape index (κ1) is 20.7. The Labute approximate surface area is 161 Å². The third kappa shape index (κ3) is 5.20. The molecule has 0 bridgehead atoms. The average molecular weight is 387 g/mol. The highest BCUT2D eigenvalue weighted by molar-refractivity contribution is 7.92. The minimum atomic E-state index is -3.42. The van der Waals surface area contributed by atoms with Gasteiger partial charge in [0, 0.05) is 5.56 Å². The van der Waals surface area contributed by atoms with E-state index in [1.54, 1.807) is 24.3 Å². The molecule has 0 spiro atoms. The summed E-state index contributed by atoms with van der Waals surface area (Å²) in [7, 11) is -3.42. The molecule has 0 aliphatic heterocycles. The number of carbonyl (C=O) groups excluding carboxylic acids is 1. The first-order valence-corrected chi connectivity index (χ1v) is 10.5. The molecule has 0 heterocycles. The van der Waals surface area contributed by atoms with Gasteiger partial charge in [-0.05, 0) is 56.2 Å². The molecule has 0 aliphatic rings. The molecule has 6 heteroatoms. The normalized spacial score (nSPS) is 12.3. The number of hydrogen-bond acceptors (Lipinski definition) is 3. The summed E-state index contributed by atoms with van der Waals surface area (Å²) in [6, 6.07) is 12.5. The number of rotatable bonds is 7. The lowest BCUT2D eigenvalue weighted by Crippen LogP contribution is -2.30. The third-order valence-corrected chi connectivity index (χ3v) is 5.52. The van der Waals surface area contributed by atoms with E-state index in [4.69, 9.17) is 0 Å². The molecule has 27 heavy (non-hydrogen) atoms. The fourth-order valence-electron chi connectivity index (χ4n) is 2.91. The minimum absolute atomic E-state index is 0.134. The number of nitrogens with zero attached hydrogens (tertiary/aromatic N) is 1. The van der Waals surface area contributed by atoms with Crippen LogP contribution >= 0.6 is 0 Å². The van der Waals surface area contributed by atoms with Crippen LogP contribution in [0.3, 0.4) is 0 Å². The molecule has 2 rings (SSSR count). The molecule has 0 aliphatic carbocycles. The van der Waals surface area contributed by atoms with Crippen molar-refractivity contribution < 1.29 is 13.2 Å². The predicted octanol–water partition coefficient (Wildman–Crippen LogP) is 3.75. The van der Waals surface area contributed by atoms with Crippen molar-refractivity contribution in [1.29, 1.82) is 0 Å². The number of carbonyl (C=O) groups is 1. The number of nitrogens with one attached hydrogen (secondary N) is 1. The molecule has 0 unspecified atom stereocenters. The summed E-state index contributed by atoms with van der Waals surface area (Å²) >= 11 is 0. The Kier molecular flexibility index (Phi) is 6.44. The quantitative estimate of drug-likeness (QED) is 0.737. The van der Waals surface area contributed by atoms with Crippen molar-refractivity contribution in [2.45, 2.75) is 26.8 Å². The number of benzene rings is 2. The Morgan fingerprint density at radius 2 is 1.81 bits per heavy atom. The summed E-state index contributed by atoms with van der Waals surface area (Å²) in [4.78, 5) is 12.6. The van der Waals surface area contributed by atoms with Crippen molar-refractivity contribution in [3.8, 4) is 0 Å². The van der Waals surface area contributed by atoms with Crippen molar-refractivity contribution in [3.63, 3.8) is 0 Å². The fraction of sp³-hybridized carbons (Fsp3) is 0.286. The topological polar surface area (TPSA) is 66.5 Å². The lowest BCUT2D eigenvalue weighted by molar-refractivity contribution is 0.0940. The number of hydrogen-bond donors (Lipinski definition) is 1. The maximum absolute atomic E-state index is 12.6. The van der Waals surface area contributed by atoms with Gasteiger partial charge in [-0.25, -0.2) is 8.42 Å². The molecular formula is C21H26N2O3S. The zero-order valence-electron chi connectivity index (χ0n) is 16.2. The molecule has 0 aromatic heterocycles. The second-order valence-electron chi connectivity index (χ2n) is 6.68. The van der Waals surface area contributed by atoms with E-state index in [-0.39, 0.29) is 18.5 Å². The van der Waals surface area contributed by atoms with E-state index in [0.717, 1.165) is 22.9 Å². The van der Waals surface area contributed by atoms with Crippen LogP contribution in [0, 0.1) is 13.8 Å². The van der Waals surface area contributed by atoms with Crippen molar-refractivity contribution in [3.05, 3.63) is 77.4 Å². The van der Waals surface area contributed by atoms with Crippen LogP contribution < -0.4 is 9.62 Å². The van der Waals surface area contributed by atoms with Crippen molar-refractivity contribution in [1.82, 2.24) is 5.32 Å². The van der Waals surface area contributed by atoms with Crippen LogP contribution in [0.5, 0.6) is 0 Å². The van der Waals surface area contributed by atoms with Gasteiger partial charge in [-0.15, -0.1) is 6.58 Å². The van der Waals surface area contributed by atoms with Crippen molar-refractivity contribution >= 4 is 21.6 Å². The highest BCUT2D eigenvalue weighted by Gasteiger charge is 2.17. The van der Waals surface area contributed by atoms with Gasteiger partial charge >= 0.3 is 0 Å². The van der Waals surface area contributed by atoms with Gasteiger partial charge in [0.2, 0.25) is 10.0 Å². The van der Waals surface area contributed by atoms with Crippen LogP contribution in [-0.4, -0.2) is 27.1 Å². The van der Waals surface area contributed by atoms with E-state index >= 15 is 0 Å². The molecule has 2 aromatic rings. The first-order chi connectivity index (χ1) is 12.6. The molecule has 0 saturated heterocycles. The second kappa shape index (κ2) is 8.39. The number of anilines is 1. The standard InChI is InChI=1S/C21H26N2O3S/c1-6-13-23(27(5,25)26)19-11-9-18(10-12-19)21(24)22-17(4)20-14-15(2)7-8-16(20)3/h6-12,14,17H,1,13H2,2-5H3,(H,22,24)/t17-/m1/s1. The van der Waals surface area contributed by atoms with E-state index in [9.17, 15) is 13.2 Å². The monoisotopic (exact) mass is 386 g/mol. The molecule has 144 valence electrons. The van der Waals surface area contributed by atoms with E-state index < -0.39 is 10.0 Å². The van der Waals surface area contributed by atoms with Gasteiger partial charge in [0.05, 0.1) is 24.5 Å². The summed E-state index contributed by atoms with van der Waals surface area (Å²) in [5, 5.41) is 3.00. The summed E-state index contributed by atoms with van der Waals surface area (Å²) in [6.45, 7) is 9.75. The molecule has 0 saturated carbocycles. The van der Waals surface area contributed by atoms with Crippen LogP contribution in [0.15, 0.2) is 55.1 Å². The SMILES string of the molecule is C=CCN(c1ccc(C(=O)N[C@H](C)c2cc(C)ccc2C)cc1)S(C)(=O)=O. The van der Waals surface area contributed by atoms with Gasteiger partial charge in [0.15, 0.2) is 0 Å². The molecule has 1 amide bonds. The Balaban J connectivity index is 2.18. The maximum Gasteiger partial charge on any atom is 0.251 e. The summed E-state index contributed by atoms with van der Waals surface area (Å²) in [5.41, 5.74) is 4.31. The first-order valence-electron chi connectivity index (χ1n) is 8.70. The zero-order chi connectivity index (χ0) is 20.2. The Hall–Kier alpha value is -2.60. The van der Waals surface area contributed by atoms with Crippen LogP contribution in [0.25, 0.3) is 0 Å². The largest absolute Gasteiger partial charge is 0.346 e. The van der Waals surface area contributed by atoms with E-state index in [1.807, 2.05) is 32.9 Å². The van der Waals surface area contributed by atoms with Crippen LogP contribution in [-0.2, 0) is 10.0 Å². The molecule has 0 fully saturated rings. The predicted molar refractivity (Wildman–Crippen MR) is 111 cm³/mol. The van der Waals surface area contributed by atoms with Gasteiger partial charge in [0.25, 0.3) is 5.91 Å². The summed E-state index contributed by atoms with van der Waals surface area (Å²) in [5.74, 6) is -0.204. The molecule has 0 radical (unpaired) electrons. The van der Waals surface area contributed by atoms with Gasteiger partial charge < -0.3 is 5.32 Å². The number of aryl methyl sites for hydroxylation is 2. The lowest BCUT2D eigenvalue weighted by Gasteiger charge is -2.21. The van der Waals surface area contributed by atoms with Gasteiger partial charge in [0.1, 0.15) is 0 Å². The number of sulfonamides is 1. The van der Waals surface area contributed by atoms with Crippen LogP contribution in [0.1, 0.15) is 40.0 Å². The molecular weight excluding hydrogens is 360 g/mol. The van der Waals surface area contributed by atoms with Gasteiger partial charge in [-0.3, -0.25) is 9.10 Å².